The van der Waals surface area contributed by atoms with Crippen molar-refractivity contribution in [3.63, 3.8) is 0 Å². The molecule has 2 saturated carbocycles. The van der Waals surface area contributed by atoms with Crippen molar-refractivity contribution in [2.75, 3.05) is 17.7 Å². The molecule has 0 saturated heterocycles. The molecular weight excluding hydrogens is 440 g/mol. The highest BCUT2D eigenvalue weighted by Crippen LogP contribution is 2.60. The number of para-hydroxylation sites is 2. The minimum atomic E-state index is 0.294. The smallest absolute Gasteiger partial charge is 0.119 e. The molecule has 3 nitrogen and oxygen atoms in total. The highest BCUT2D eigenvalue weighted by Gasteiger charge is 2.54. The van der Waals surface area contributed by atoms with Crippen LogP contribution in [0.15, 0.2) is 72.8 Å². The standard InChI is InChI=1S/C33H40N2O/c1-22-9-7-8-12-31(22)35-32-21-25(34-24-10-5-4-6-11-24)20-30-29-15-13-23-19-26(36-3)14-16-27(23)28(29)17-18-33(30,32)2/h4-12,14,16,19,25,28-30,32,34-35H,13,15,17-18,20-21H2,1-3H3/t25-,28+,29+,30-,32-,33-/m0/s1. The summed E-state index contributed by atoms with van der Waals surface area (Å²) in [5, 5.41) is 8.01. The van der Waals surface area contributed by atoms with Crippen molar-refractivity contribution in [1.82, 2.24) is 0 Å². The van der Waals surface area contributed by atoms with Crippen LogP contribution in [0.4, 0.5) is 11.4 Å². The number of fused-ring (bicyclic) bond motifs is 5. The van der Waals surface area contributed by atoms with Crippen LogP contribution < -0.4 is 15.4 Å². The van der Waals surface area contributed by atoms with Crippen LogP contribution in [0.1, 0.15) is 61.6 Å². The molecule has 3 aromatic rings. The summed E-state index contributed by atoms with van der Waals surface area (Å²) in [5.41, 5.74) is 7.28. The van der Waals surface area contributed by atoms with Crippen molar-refractivity contribution in [1.29, 1.82) is 0 Å². The number of anilines is 2. The third-order valence-corrected chi connectivity index (χ3v) is 9.85. The van der Waals surface area contributed by atoms with Crippen LogP contribution in [-0.2, 0) is 6.42 Å². The lowest BCUT2D eigenvalue weighted by Crippen LogP contribution is -2.57. The van der Waals surface area contributed by atoms with Gasteiger partial charge in [0, 0.05) is 23.5 Å². The van der Waals surface area contributed by atoms with Gasteiger partial charge in [-0.05, 0) is 116 Å². The summed E-state index contributed by atoms with van der Waals surface area (Å²) in [6.45, 7) is 4.83. The van der Waals surface area contributed by atoms with Crippen molar-refractivity contribution < 1.29 is 4.74 Å². The highest BCUT2D eigenvalue weighted by molar-refractivity contribution is 5.52. The summed E-state index contributed by atoms with van der Waals surface area (Å²) in [7, 11) is 1.78. The average Bonchev–Trinajstić information content (AvgIpc) is 2.90. The Labute approximate surface area is 216 Å². The largest absolute Gasteiger partial charge is 0.497 e. The number of hydrogen-bond acceptors (Lipinski definition) is 3. The molecule has 0 bridgehead atoms. The molecule has 2 N–H and O–H groups in total. The fourth-order valence-corrected chi connectivity index (χ4v) is 7.90. The molecule has 6 atom stereocenters. The number of aryl methyl sites for hydroxylation is 2. The SMILES string of the molecule is COc1ccc2c(c1)CC[C@@H]1[C@@H]2CC[C@]2(C)[C@@H](Nc3ccccc3C)C[C@@H](Nc3ccccc3)C[C@@H]12. The van der Waals surface area contributed by atoms with Crippen molar-refractivity contribution in [3.05, 3.63) is 89.5 Å². The summed E-state index contributed by atoms with van der Waals surface area (Å²) in [6.07, 6.45) is 7.45. The molecule has 0 aromatic heterocycles. The minimum Gasteiger partial charge on any atom is -0.497 e. The number of nitrogens with one attached hydrogen (secondary N) is 2. The molecule has 0 heterocycles. The quantitative estimate of drug-likeness (QED) is 0.390. The first-order valence-electron chi connectivity index (χ1n) is 13.9. The van der Waals surface area contributed by atoms with Gasteiger partial charge in [0.25, 0.3) is 0 Å². The van der Waals surface area contributed by atoms with E-state index in [0.717, 1.165) is 18.1 Å². The van der Waals surface area contributed by atoms with E-state index < -0.39 is 0 Å². The molecule has 0 unspecified atom stereocenters. The monoisotopic (exact) mass is 480 g/mol. The first kappa shape index (κ1) is 23.5. The van der Waals surface area contributed by atoms with Gasteiger partial charge in [-0.15, -0.1) is 0 Å². The molecule has 36 heavy (non-hydrogen) atoms. The van der Waals surface area contributed by atoms with Gasteiger partial charge in [-0.1, -0.05) is 49.4 Å². The summed E-state index contributed by atoms with van der Waals surface area (Å²) < 4.78 is 5.55. The number of methoxy groups -OCH3 is 1. The van der Waals surface area contributed by atoms with Crippen LogP contribution in [-0.4, -0.2) is 19.2 Å². The molecule has 3 aliphatic rings. The zero-order valence-corrected chi connectivity index (χ0v) is 22.0. The molecule has 3 heteroatoms. The lowest BCUT2D eigenvalue weighted by molar-refractivity contribution is -0.0178. The molecule has 0 aliphatic heterocycles. The van der Waals surface area contributed by atoms with E-state index in [4.69, 9.17) is 4.74 Å². The Morgan fingerprint density at radius 1 is 0.889 bits per heavy atom. The van der Waals surface area contributed by atoms with E-state index in [-0.39, 0.29) is 0 Å². The van der Waals surface area contributed by atoms with Crippen molar-refractivity contribution in [2.24, 2.45) is 17.3 Å². The second-order valence-corrected chi connectivity index (χ2v) is 11.7. The maximum absolute atomic E-state index is 5.55. The molecule has 3 aromatic carbocycles. The molecular formula is C33H40N2O. The third-order valence-electron chi connectivity index (χ3n) is 9.85. The Balaban J connectivity index is 1.33. The Morgan fingerprint density at radius 3 is 2.50 bits per heavy atom. The molecule has 0 radical (unpaired) electrons. The van der Waals surface area contributed by atoms with E-state index in [9.17, 15) is 0 Å². The number of rotatable bonds is 5. The molecule has 0 amide bonds. The Bertz CT molecular complexity index is 1210. The zero-order chi connectivity index (χ0) is 24.7. The van der Waals surface area contributed by atoms with Crippen LogP contribution in [0.5, 0.6) is 5.75 Å². The van der Waals surface area contributed by atoms with Gasteiger partial charge < -0.3 is 15.4 Å². The molecule has 2 fully saturated rings. The van der Waals surface area contributed by atoms with Gasteiger partial charge in [0.15, 0.2) is 0 Å². The minimum absolute atomic E-state index is 0.294. The van der Waals surface area contributed by atoms with E-state index in [2.05, 4.69) is 97.3 Å². The second kappa shape index (κ2) is 9.50. The van der Waals surface area contributed by atoms with Crippen LogP contribution in [0.25, 0.3) is 0 Å². The molecule has 3 aliphatic carbocycles. The van der Waals surface area contributed by atoms with E-state index in [1.807, 2.05) is 0 Å². The van der Waals surface area contributed by atoms with Crippen molar-refractivity contribution in [3.8, 4) is 5.75 Å². The Hall–Kier alpha value is -2.94. The zero-order valence-electron chi connectivity index (χ0n) is 22.0. The maximum atomic E-state index is 5.55. The fourth-order valence-electron chi connectivity index (χ4n) is 7.90. The first-order chi connectivity index (χ1) is 17.5. The van der Waals surface area contributed by atoms with Crippen LogP contribution in [0.3, 0.4) is 0 Å². The van der Waals surface area contributed by atoms with Crippen molar-refractivity contribution >= 4 is 11.4 Å². The molecule has 0 spiro atoms. The second-order valence-electron chi connectivity index (χ2n) is 11.7. The fraction of sp³-hybridized carbons (Fsp3) is 0.455. The van der Waals surface area contributed by atoms with Gasteiger partial charge in [0.2, 0.25) is 0 Å². The van der Waals surface area contributed by atoms with Crippen LogP contribution in [0.2, 0.25) is 0 Å². The lowest BCUT2D eigenvalue weighted by atomic mass is 9.48. The number of hydrogen-bond donors (Lipinski definition) is 2. The predicted octanol–water partition coefficient (Wildman–Crippen LogP) is 7.82. The third kappa shape index (κ3) is 4.17. The van der Waals surface area contributed by atoms with Gasteiger partial charge in [-0.25, -0.2) is 0 Å². The lowest BCUT2D eigenvalue weighted by Gasteiger charge is -2.59. The van der Waals surface area contributed by atoms with Crippen LogP contribution in [0, 0.1) is 24.2 Å². The topological polar surface area (TPSA) is 33.3 Å². The van der Waals surface area contributed by atoms with E-state index >= 15 is 0 Å². The number of benzene rings is 3. The summed E-state index contributed by atoms with van der Waals surface area (Å²) in [6, 6.07) is 27.4. The maximum Gasteiger partial charge on any atom is 0.119 e. The van der Waals surface area contributed by atoms with Gasteiger partial charge in [0.05, 0.1) is 7.11 Å². The van der Waals surface area contributed by atoms with Crippen LogP contribution >= 0.6 is 0 Å². The van der Waals surface area contributed by atoms with Gasteiger partial charge in [0.1, 0.15) is 5.75 Å². The van der Waals surface area contributed by atoms with Crippen molar-refractivity contribution in [2.45, 2.75) is 70.4 Å². The summed E-state index contributed by atoms with van der Waals surface area (Å²) in [4.78, 5) is 0. The van der Waals surface area contributed by atoms with Gasteiger partial charge in [-0.2, -0.15) is 0 Å². The van der Waals surface area contributed by atoms with E-state index in [1.165, 1.54) is 54.6 Å². The highest BCUT2D eigenvalue weighted by atomic mass is 16.5. The molecule has 6 rings (SSSR count). The predicted molar refractivity (Wildman–Crippen MR) is 150 cm³/mol. The Morgan fingerprint density at radius 2 is 1.69 bits per heavy atom. The average molecular weight is 481 g/mol. The van der Waals surface area contributed by atoms with E-state index in [0.29, 0.717) is 29.3 Å². The molecule has 188 valence electrons. The summed E-state index contributed by atoms with van der Waals surface area (Å²) in [5.74, 6) is 3.11. The summed E-state index contributed by atoms with van der Waals surface area (Å²) >= 11 is 0. The first-order valence-corrected chi connectivity index (χ1v) is 13.9. The normalized spacial score (nSPS) is 30.9. The Kier molecular flexibility index (Phi) is 6.19. The number of ether oxygens (including phenoxy) is 1. The van der Waals surface area contributed by atoms with Gasteiger partial charge >= 0.3 is 0 Å². The van der Waals surface area contributed by atoms with Gasteiger partial charge in [-0.3, -0.25) is 0 Å². The van der Waals surface area contributed by atoms with E-state index in [1.54, 1.807) is 12.7 Å².